The molecule has 0 radical (unpaired) electrons. The Morgan fingerprint density at radius 1 is 1.62 bits per heavy atom. The Balaban J connectivity index is 2.56. The molecule has 0 saturated heterocycles. The number of hydrogen-bond acceptors (Lipinski definition) is 4. The first-order valence-electron chi connectivity index (χ1n) is 5.28. The Morgan fingerprint density at radius 3 is 2.81 bits per heavy atom. The summed E-state index contributed by atoms with van der Waals surface area (Å²) < 4.78 is 0. The van der Waals surface area contributed by atoms with Gasteiger partial charge in [0.2, 0.25) is 0 Å². The number of rotatable bonds is 5. The third-order valence-corrected chi connectivity index (χ3v) is 3.83. The van der Waals surface area contributed by atoms with Crippen LogP contribution in [0.15, 0.2) is 22.7 Å². The average Bonchev–Trinajstić information content (AvgIpc) is 2.78. The first-order chi connectivity index (χ1) is 7.56. The van der Waals surface area contributed by atoms with Gasteiger partial charge in [0, 0.05) is 10.9 Å². The van der Waals surface area contributed by atoms with Gasteiger partial charge >= 0.3 is 0 Å². The van der Waals surface area contributed by atoms with E-state index >= 15 is 0 Å². The van der Waals surface area contributed by atoms with Gasteiger partial charge in [0.1, 0.15) is 0 Å². The Kier molecular flexibility index (Phi) is 4.76. The van der Waals surface area contributed by atoms with E-state index in [1.807, 2.05) is 14.0 Å². The van der Waals surface area contributed by atoms with E-state index in [9.17, 15) is 0 Å². The Hall–Kier alpha value is -1.07. The van der Waals surface area contributed by atoms with Gasteiger partial charge in [0.15, 0.2) is 5.84 Å². The summed E-state index contributed by atoms with van der Waals surface area (Å²) in [5.74, 6) is 0.250. The zero-order chi connectivity index (χ0) is 12.1. The van der Waals surface area contributed by atoms with Gasteiger partial charge in [-0.1, -0.05) is 11.2 Å². The minimum absolute atomic E-state index is 0.0556. The van der Waals surface area contributed by atoms with E-state index in [4.69, 9.17) is 10.9 Å². The molecule has 2 unspecified atom stereocenters. The van der Waals surface area contributed by atoms with Crippen LogP contribution in [-0.4, -0.2) is 35.1 Å². The van der Waals surface area contributed by atoms with Crippen molar-refractivity contribution in [1.29, 1.82) is 0 Å². The van der Waals surface area contributed by atoms with E-state index in [0.29, 0.717) is 6.04 Å². The largest absolute Gasteiger partial charge is 0.409 e. The molecule has 0 saturated carbocycles. The number of nitrogens with two attached hydrogens (primary N) is 1. The van der Waals surface area contributed by atoms with Gasteiger partial charge in [-0.25, -0.2) is 0 Å². The standard InChI is InChI=1S/C11H19N3OS/c1-8(7-10-5-4-6-16-10)14(3)9(2)11(12)13-15/h4-6,8-9,15H,7H2,1-3H3,(H2,12,13). The highest BCUT2D eigenvalue weighted by Gasteiger charge is 2.19. The maximum Gasteiger partial charge on any atom is 0.156 e. The zero-order valence-corrected chi connectivity index (χ0v) is 10.7. The van der Waals surface area contributed by atoms with Crippen molar-refractivity contribution in [3.8, 4) is 0 Å². The molecule has 16 heavy (non-hydrogen) atoms. The number of amidine groups is 1. The lowest BCUT2D eigenvalue weighted by atomic mass is 10.1. The fourth-order valence-electron chi connectivity index (χ4n) is 1.54. The van der Waals surface area contributed by atoms with Crippen molar-refractivity contribution in [2.75, 3.05) is 7.05 Å². The van der Waals surface area contributed by atoms with E-state index in [1.165, 1.54) is 4.88 Å². The van der Waals surface area contributed by atoms with Crippen LogP contribution in [0.4, 0.5) is 0 Å². The lowest BCUT2D eigenvalue weighted by molar-refractivity contribution is 0.229. The second-order valence-corrected chi connectivity index (χ2v) is 5.03. The van der Waals surface area contributed by atoms with Gasteiger partial charge in [-0.2, -0.15) is 0 Å². The molecule has 90 valence electrons. The molecule has 0 fully saturated rings. The average molecular weight is 241 g/mol. The second-order valence-electron chi connectivity index (χ2n) is 4.00. The quantitative estimate of drug-likeness (QED) is 0.357. The van der Waals surface area contributed by atoms with Crippen LogP contribution in [0.1, 0.15) is 18.7 Å². The Morgan fingerprint density at radius 2 is 2.31 bits per heavy atom. The van der Waals surface area contributed by atoms with Crippen LogP contribution in [0.3, 0.4) is 0 Å². The molecule has 1 heterocycles. The van der Waals surface area contributed by atoms with Crippen molar-refractivity contribution in [3.05, 3.63) is 22.4 Å². The first kappa shape index (κ1) is 13.0. The highest BCUT2D eigenvalue weighted by Crippen LogP contribution is 2.14. The lowest BCUT2D eigenvalue weighted by Crippen LogP contribution is -2.45. The molecule has 4 nitrogen and oxygen atoms in total. The summed E-state index contributed by atoms with van der Waals surface area (Å²) in [4.78, 5) is 3.46. The van der Waals surface area contributed by atoms with Crippen molar-refractivity contribution in [3.63, 3.8) is 0 Å². The summed E-state index contributed by atoms with van der Waals surface area (Å²) >= 11 is 1.76. The predicted molar refractivity (Wildman–Crippen MR) is 68.1 cm³/mol. The molecule has 0 bridgehead atoms. The van der Waals surface area contributed by atoms with E-state index in [2.05, 4.69) is 34.5 Å². The molecule has 1 aromatic rings. The normalized spacial score (nSPS) is 16.4. The molecule has 0 aliphatic carbocycles. The van der Waals surface area contributed by atoms with Crippen LogP contribution in [0, 0.1) is 0 Å². The van der Waals surface area contributed by atoms with Crippen molar-refractivity contribution in [2.24, 2.45) is 10.9 Å². The minimum Gasteiger partial charge on any atom is -0.409 e. The SMILES string of the molecule is CC(Cc1cccs1)N(C)C(C)C(N)=NO. The van der Waals surface area contributed by atoms with Crippen LogP contribution in [-0.2, 0) is 6.42 Å². The zero-order valence-electron chi connectivity index (χ0n) is 9.92. The number of nitrogens with zero attached hydrogens (tertiary/aromatic N) is 2. The van der Waals surface area contributed by atoms with E-state index in [1.54, 1.807) is 11.3 Å². The summed E-state index contributed by atoms with van der Waals surface area (Å²) in [6.45, 7) is 4.07. The van der Waals surface area contributed by atoms with Crippen molar-refractivity contribution >= 4 is 17.2 Å². The molecule has 0 aliphatic rings. The maximum absolute atomic E-state index is 8.63. The van der Waals surface area contributed by atoms with Gasteiger partial charge in [0.25, 0.3) is 0 Å². The Labute approximate surface area is 100 Å². The van der Waals surface area contributed by atoms with Crippen molar-refractivity contribution in [1.82, 2.24) is 4.90 Å². The topological polar surface area (TPSA) is 61.8 Å². The van der Waals surface area contributed by atoms with Gasteiger partial charge in [0.05, 0.1) is 6.04 Å². The summed E-state index contributed by atoms with van der Waals surface area (Å²) in [6, 6.07) is 4.48. The molecule has 1 rings (SSSR count). The molecule has 0 amide bonds. The summed E-state index contributed by atoms with van der Waals surface area (Å²) in [5, 5.41) is 13.8. The highest BCUT2D eigenvalue weighted by molar-refractivity contribution is 7.09. The van der Waals surface area contributed by atoms with Crippen LogP contribution in [0.2, 0.25) is 0 Å². The van der Waals surface area contributed by atoms with Gasteiger partial charge in [-0.05, 0) is 38.8 Å². The number of oxime groups is 1. The lowest BCUT2D eigenvalue weighted by Gasteiger charge is -2.29. The van der Waals surface area contributed by atoms with Crippen molar-refractivity contribution < 1.29 is 5.21 Å². The molecule has 0 spiro atoms. The van der Waals surface area contributed by atoms with Crippen molar-refractivity contribution in [2.45, 2.75) is 32.4 Å². The Bertz CT molecular complexity index is 337. The van der Waals surface area contributed by atoms with E-state index < -0.39 is 0 Å². The van der Waals surface area contributed by atoms with Crippen LogP contribution < -0.4 is 5.73 Å². The smallest absolute Gasteiger partial charge is 0.156 e. The van der Waals surface area contributed by atoms with Crippen LogP contribution >= 0.6 is 11.3 Å². The monoisotopic (exact) mass is 241 g/mol. The predicted octanol–water partition coefficient (Wildman–Crippen LogP) is 1.75. The van der Waals surface area contributed by atoms with Gasteiger partial charge < -0.3 is 10.9 Å². The maximum atomic E-state index is 8.63. The first-order valence-corrected chi connectivity index (χ1v) is 6.16. The van der Waals surface area contributed by atoms with E-state index in [-0.39, 0.29) is 11.9 Å². The molecule has 2 atom stereocenters. The fraction of sp³-hybridized carbons (Fsp3) is 0.545. The summed E-state index contributed by atoms with van der Waals surface area (Å²) in [5.41, 5.74) is 5.59. The third kappa shape index (κ3) is 3.21. The molecular formula is C11H19N3OS. The summed E-state index contributed by atoms with van der Waals surface area (Å²) in [7, 11) is 1.99. The fourth-order valence-corrected chi connectivity index (χ4v) is 2.36. The molecule has 0 aromatic carbocycles. The van der Waals surface area contributed by atoms with E-state index in [0.717, 1.165) is 6.42 Å². The number of hydrogen-bond donors (Lipinski definition) is 2. The number of thiophene rings is 1. The third-order valence-electron chi connectivity index (χ3n) is 2.93. The van der Waals surface area contributed by atoms with Crippen LogP contribution in [0.5, 0.6) is 0 Å². The molecule has 5 heteroatoms. The van der Waals surface area contributed by atoms with Crippen LogP contribution in [0.25, 0.3) is 0 Å². The number of likely N-dealkylation sites (N-methyl/N-ethyl adjacent to an activating group) is 1. The van der Waals surface area contributed by atoms with Gasteiger partial charge in [-0.3, -0.25) is 4.90 Å². The molecular weight excluding hydrogens is 222 g/mol. The second kappa shape index (κ2) is 5.86. The highest BCUT2D eigenvalue weighted by atomic mass is 32.1. The molecule has 3 N–H and O–H groups in total. The summed E-state index contributed by atoms with van der Waals surface area (Å²) in [6.07, 6.45) is 0.983. The molecule has 1 aromatic heterocycles. The molecule has 0 aliphatic heterocycles. The minimum atomic E-state index is -0.0556. The van der Waals surface area contributed by atoms with Gasteiger partial charge in [-0.15, -0.1) is 11.3 Å².